The first kappa shape index (κ1) is 14.8. The monoisotopic (exact) mass is 268 g/mol. The number of carbonyl (C=O) groups excluding carboxylic acids is 2. The van der Waals surface area contributed by atoms with Crippen LogP contribution in [-0.4, -0.2) is 39.2 Å². The Morgan fingerprint density at radius 1 is 1.16 bits per heavy atom. The number of nitrogens with one attached hydrogen (secondary N) is 2. The molecule has 1 aromatic rings. The van der Waals surface area contributed by atoms with Crippen LogP contribution in [0.3, 0.4) is 0 Å². The quantitative estimate of drug-likeness (QED) is 0.673. The lowest BCUT2D eigenvalue weighted by Gasteiger charge is -2.08. The van der Waals surface area contributed by atoms with Gasteiger partial charge in [-0.05, 0) is 12.1 Å². The summed E-state index contributed by atoms with van der Waals surface area (Å²) < 4.78 is 10.2. The summed E-state index contributed by atoms with van der Waals surface area (Å²) in [7, 11) is 3.01. The standard InChI is InChI=1S/C12H16N2O5/c1-13-11(15)8-19-14-12(16)7-18-10-5-3-4-9(6-10)17-2/h3-6H,7-8H2,1-2H3,(H,13,15)(H,14,16). The first-order valence-corrected chi connectivity index (χ1v) is 5.53. The van der Waals surface area contributed by atoms with Crippen molar-refractivity contribution in [3.63, 3.8) is 0 Å². The zero-order valence-electron chi connectivity index (χ0n) is 10.8. The van der Waals surface area contributed by atoms with Gasteiger partial charge in [0.05, 0.1) is 7.11 Å². The fourth-order valence-corrected chi connectivity index (χ4v) is 1.12. The first-order valence-electron chi connectivity index (χ1n) is 5.53. The zero-order chi connectivity index (χ0) is 14.1. The molecule has 2 N–H and O–H groups in total. The van der Waals surface area contributed by atoms with E-state index in [2.05, 4.69) is 15.6 Å². The summed E-state index contributed by atoms with van der Waals surface area (Å²) in [6.45, 7) is -0.470. The summed E-state index contributed by atoms with van der Waals surface area (Å²) in [4.78, 5) is 26.8. The lowest BCUT2D eigenvalue weighted by molar-refractivity contribution is -0.140. The van der Waals surface area contributed by atoms with E-state index in [0.29, 0.717) is 11.5 Å². The van der Waals surface area contributed by atoms with Crippen LogP contribution >= 0.6 is 0 Å². The van der Waals surface area contributed by atoms with Gasteiger partial charge in [0.25, 0.3) is 5.91 Å². The van der Waals surface area contributed by atoms with Crippen LogP contribution in [0.15, 0.2) is 24.3 Å². The van der Waals surface area contributed by atoms with E-state index < -0.39 is 5.91 Å². The lowest BCUT2D eigenvalue weighted by Crippen LogP contribution is -2.33. The summed E-state index contributed by atoms with van der Waals surface area (Å²) in [5.41, 5.74) is 2.09. The van der Waals surface area contributed by atoms with Gasteiger partial charge in [-0.3, -0.25) is 14.4 Å². The maximum atomic E-state index is 11.3. The molecule has 0 bridgehead atoms. The molecular formula is C12H16N2O5. The Bertz CT molecular complexity index is 436. The number of rotatable bonds is 7. The molecule has 7 nitrogen and oxygen atoms in total. The minimum atomic E-state index is -0.494. The number of benzene rings is 1. The average Bonchev–Trinajstić information content (AvgIpc) is 2.45. The average molecular weight is 268 g/mol. The minimum absolute atomic E-state index is 0.221. The highest BCUT2D eigenvalue weighted by Gasteiger charge is 2.05. The maximum absolute atomic E-state index is 11.3. The molecule has 0 saturated heterocycles. The van der Waals surface area contributed by atoms with E-state index in [1.54, 1.807) is 31.4 Å². The highest BCUT2D eigenvalue weighted by atomic mass is 16.7. The van der Waals surface area contributed by atoms with Crippen LogP contribution in [0.2, 0.25) is 0 Å². The number of hydrogen-bond acceptors (Lipinski definition) is 5. The van der Waals surface area contributed by atoms with E-state index in [1.807, 2.05) is 0 Å². The molecule has 1 aromatic carbocycles. The van der Waals surface area contributed by atoms with Crippen molar-refractivity contribution in [2.75, 3.05) is 27.4 Å². The highest BCUT2D eigenvalue weighted by molar-refractivity contribution is 5.78. The Morgan fingerprint density at radius 3 is 2.58 bits per heavy atom. The largest absolute Gasteiger partial charge is 0.497 e. The van der Waals surface area contributed by atoms with Crippen LogP contribution in [0, 0.1) is 0 Å². The van der Waals surface area contributed by atoms with Gasteiger partial charge in [0.1, 0.15) is 11.5 Å². The number of amides is 2. The fraction of sp³-hybridized carbons (Fsp3) is 0.333. The molecule has 7 heteroatoms. The Labute approximate surface area is 110 Å². The van der Waals surface area contributed by atoms with Gasteiger partial charge in [-0.15, -0.1) is 0 Å². The third kappa shape index (κ3) is 5.73. The number of carbonyl (C=O) groups is 2. The molecule has 0 unspecified atom stereocenters. The Kier molecular flexibility index (Phi) is 6.17. The van der Waals surface area contributed by atoms with Gasteiger partial charge in [0.2, 0.25) is 5.91 Å². The van der Waals surface area contributed by atoms with E-state index in [0.717, 1.165) is 0 Å². The van der Waals surface area contributed by atoms with Crippen LogP contribution in [-0.2, 0) is 14.4 Å². The van der Waals surface area contributed by atoms with Crippen molar-refractivity contribution in [1.29, 1.82) is 0 Å². The number of likely N-dealkylation sites (N-methyl/N-ethyl adjacent to an activating group) is 1. The van der Waals surface area contributed by atoms with Crippen LogP contribution in [0.25, 0.3) is 0 Å². The number of ether oxygens (including phenoxy) is 2. The van der Waals surface area contributed by atoms with Crippen LogP contribution in [0.5, 0.6) is 11.5 Å². The van der Waals surface area contributed by atoms with Crippen LogP contribution < -0.4 is 20.3 Å². The molecule has 0 saturated carbocycles. The third-order valence-electron chi connectivity index (χ3n) is 2.08. The smallest absolute Gasteiger partial charge is 0.281 e. The first-order chi connectivity index (χ1) is 9.15. The van der Waals surface area contributed by atoms with E-state index in [9.17, 15) is 9.59 Å². The van der Waals surface area contributed by atoms with Crippen molar-refractivity contribution in [3.8, 4) is 11.5 Å². The Morgan fingerprint density at radius 2 is 1.89 bits per heavy atom. The lowest BCUT2D eigenvalue weighted by atomic mass is 10.3. The van der Waals surface area contributed by atoms with Crippen molar-refractivity contribution in [3.05, 3.63) is 24.3 Å². The second-order valence-corrected chi connectivity index (χ2v) is 3.45. The molecule has 0 radical (unpaired) electrons. The molecule has 0 fully saturated rings. The highest BCUT2D eigenvalue weighted by Crippen LogP contribution is 2.18. The van der Waals surface area contributed by atoms with Crippen LogP contribution in [0.1, 0.15) is 0 Å². The molecule has 0 aromatic heterocycles. The van der Waals surface area contributed by atoms with Gasteiger partial charge in [0.15, 0.2) is 13.2 Å². The molecule has 0 heterocycles. The Balaban J connectivity index is 2.27. The molecule has 2 amide bonds. The minimum Gasteiger partial charge on any atom is -0.497 e. The molecule has 0 spiro atoms. The molecule has 0 aliphatic carbocycles. The number of hydroxylamine groups is 1. The van der Waals surface area contributed by atoms with E-state index in [-0.39, 0.29) is 19.1 Å². The van der Waals surface area contributed by atoms with E-state index in [1.165, 1.54) is 7.05 Å². The predicted molar refractivity (Wildman–Crippen MR) is 66.7 cm³/mol. The SMILES string of the molecule is CNC(=O)CONC(=O)COc1cccc(OC)c1. The topological polar surface area (TPSA) is 85.9 Å². The summed E-state index contributed by atoms with van der Waals surface area (Å²) in [6.07, 6.45) is 0. The normalized spacial score (nSPS) is 9.58. The molecule has 19 heavy (non-hydrogen) atoms. The van der Waals surface area contributed by atoms with Gasteiger partial charge in [0, 0.05) is 13.1 Å². The second-order valence-electron chi connectivity index (χ2n) is 3.45. The fourth-order valence-electron chi connectivity index (χ4n) is 1.12. The maximum Gasteiger partial charge on any atom is 0.281 e. The van der Waals surface area contributed by atoms with Crippen molar-refractivity contribution in [2.24, 2.45) is 0 Å². The van der Waals surface area contributed by atoms with Gasteiger partial charge in [-0.25, -0.2) is 5.48 Å². The van der Waals surface area contributed by atoms with Crippen molar-refractivity contribution >= 4 is 11.8 Å². The summed E-state index contributed by atoms with van der Waals surface area (Å²) in [6, 6.07) is 6.85. The van der Waals surface area contributed by atoms with Crippen LogP contribution in [0.4, 0.5) is 0 Å². The third-order valence-corrected chi connectivity index (χ3v) is 2.08. The molecule has 0 atom stereocenters. The molecule has 0 aliphatic heterocycles. The summed E-state index contributed by atoms with van der Waals surface area (Å²) in [5.74, 6) is 0.301. The molecule has 0 aliphatic rings. The predicted octanol–water partition coefficient (Wildman–Crippen LogP) is -0.132. The van der Waals surface area contributed by atoms with Crippen molar-refractivity contribution in [1.82, 2.24) is 10.8 Å². The Hall–Kier alpha value is -2.28. The van der Waals surface area contributed by atoms with Gasteiger partial charge < -0.3 is 14.8 Å². The number of hydrogen-bond donors (Lipinski definition) is 2. The zero-order valence-corrected chi connectivity index (χ0v) is 10.8. The number of methoxy groups -OCH3 is 1. The van der Waals surface area contributed by atoms with Gasteiger partial charge in [-0.1, -0.05) is 6.07 Å². The second kappa shape index (κ2) is 7.93. The summed E-state index contributed by atoms with van der Waals surface area (Å²) >= 11 is 0. The molecule has 104 valence electrons. The van der Waals surface area contributed by atoms with E-state index in [4.69, 9.17) is 9.47 Å². The van der Waals surface area contributed by atoms with E-state index >= 15 is 0 Å². The summed E-state index contributed by atoms with van der Waals surface area (Å²) in [5, 5.41) is 2.35. The molecular weight excluding hydrogens is 252 g/mol. The van der Waals surface area contributed by atoms with Crippen molar-refractivity contribution in [2.45, 2.75) is 0 Å². The molecule has 1 rings (SSSR count). The van der Waals surface area contributed by atoms with Gasteiger partial charge in [-0.2, -0.15) is 0 Å². The van der Waals surface area contributed by atoms with Crippen molar-refractivity contribution < 1.29 is 23.9 Å². The van der Waals surface area contributed by atoms with Gasteiger partial charge >= 0.3 is 0 Å².